The van der Waals surface area contributed by atoms with E-state index in [1.54, 1.807) is 12.1 Å². The van der Waals surface area contributed by atoms with Crippen molar-refractivity contribution in [3.05, 3.63) is 81.6 Å². The summed E-state index contributed by atoms with van der Waals surface area (Å²) in [7, 11) is 0. The molecule has 1 unspecified atom stereocenters. The Bertz CT molecular complexity index is 813. The summed E-state index contributed by atoms with van der Waals surface area (Å²) >= 11 is 3.44. The van der Waals surface area contributed by atoms with E-state index >= 15 is 0 Å². The average molecular weight is 345 g/mol. The molecule has 1 N–H and O–H groups in total. The molecule has 0 aliphatic carbocycles. The Kier molecular flexibility index (Phi) is 3.79. The summed E-state index contributed by atoms with van der Waals surface area (Å²) in [6.07, 6.45) is -0.960. The number of aryl methyl sites for hydroxylation is 1. The molecule has 0 saturated heterocycles. The van der Waals surface area contributed by atoms with Crippen molar-refractivity contribution in [1.82, 2.24) is 0 Å². The summed E-state index contributed by atoms with van der Waals surface area (Å²) in [4.78, 5) is 0. The summed E-state index contributed by atoms with van der Waals surface area (Å²) in [5.74, 6) is -0.385. The van der Waals surface area contributed by atoms with Crippen molar-refractivity contribution in [2.24, 2.45) is 0 Å². The van der Waals surface area contributed by atoms with Crippen molar-refractivity contribution in [3.8, 4) is 0 Å². The van der Waals surface area contributed by atoms with Gasteiger partial charge in [0.15, 0.2) is 0 Å². The first kappa shape index (κ1) is 14.2. The molecule has 3 aromatic rings. The van der Waals surface area contributed by atoms with Crippen LogP contribution in [0.4, 0.5) is 4.39 Å². The van der Waals surface area contributed by atoms with Gasteiger partial charge in [0.25, 0.3) is 0 Å². The zero-order valence-electron chi connectivity index (χ0n) is 11.5. The highest BCUT2D eigenvalue weighted by molar-refractivity contribution is 9.10. The van der Waals surface area contributed by atoms with Gasteiger partial charge in [-0.25, -0.2) is 4.39 Å². The fraction of sp³-hybridized carbons (Fsp3) is 0.111. The Morgan fingerprint density at radius 2 is 1.67 bits per heavy atom. The number of hydrogen-bond acceptors (Lipinski definition) is 1. The second-order valence-electron chi connectivity index (χ2n) is 5.18. The molecule has 0 aliphatic heterocycles. The third kappa shape index (κ3) is 2.85. The minimum absolute atomic E-state index is 0.312. The lowest BCUT2D eigenvalue weighted by molar-refractivity contribution is 0.215. The van der Waals surface area contributed by atoms with Gasteiger partial charge in [0.1, 0.15) is 11.9 Å². The molecule has 106 valence electrons. The molecule has 3 heteroatoms. The third-order valence-electron chi connectivity index (χ3n) is 3.59. The summed E-state index contributed by atoms with van der Waals surface area (Å²) in [5.41, 5.74) is 1.93. The SMILES string of the molecule is Cc1ccc(F)c(C(O)c2ccc3cc(Br)ccc3c2)c1. The lowest BCUT2D eigenvalue weighted by Gasteiger charge is -2.14. The van der Waals surface area contributed by atoms with Gasteiger partial charge in [0.05, 0.1) is 0 Å². The van der Waals surface area contributed by atoms with E-state index in [4.69, 9.17) is 0 Å². The maximum absolute atomic E-state index is 13.9. The Hall–Kier alpha value is -1.71. The molecule has 1 nitrogen and oxygen atoms in total. The van der Waals surface area contributed by atoms with E-state index in [9.17, 15) is 9.50 Å². The first-order chi connectivity index (χ1) is 10.0. The van der Waals surface area contributed by atoms with Gasteiger partial charge in [-0.05, 0) is 47.5 Å². The Labute approximate surface area is 131 Å². The van der Waals surface area contributed by atoms with E-state index in [0.29, 0.717) is 11.1 Å². The van der Waals surface area contributed by atoms with Gasteiger partial charge in [0, 0.05) is 10.0 Å². The molecule has 0 bridgehead atoms. The van der Waals surface area contributed by atoms with Crippen LogP contribution in [0.2, 0.25) is 0 Å². The number of fused-ring (bicyclic) bond motifs is 1. The zero-order chi connectivity index (χ0) is 15.0. The molecule has 0 amide bonds. The van der Waals surface area contributed by atoms with Crippen molar-refractivity contribution in [2.45, 2.75) is 13.0 Å². The molecule has 0 aliphatic rings. The quantitative estimate of drug-likeness (QED) is 0.683. The van der Waals surface area contributed by atoms with Crippen LogP contribution in [0, 0.1) is 12.7 Å². The van der Waals surface area contributed by atoms with Crippen LogP contribution in [-0.2, 0) is 0 Å². The molecule has 3 aromatic carbocycles. The lowest BCUT2D eigenvalue weighted by atomic mass is 9.97. The van der Waals surface area contributed by atoms with Gasteiger partial charge >= 0.3 is 0 Å². The summed E-state index contributed by atoms with van der Waals surface area (Å²) in [5, 5.41) is 12.6. The molecule has 21 heavy (non-hydrogen) atoms. The molecule has 0 aromatic heterocycles. The van der Waals surface area contributed by atoms with Crippen molar-refractivity contribution in [1.29, 1.82) is 0 Å². The predicted octanol–water partition coefficient (Wildman–Crippen LogP) is 5.13. The van der Waals surface area contributed by atoms with Crippen LogP contribution in [0.5, 0.6) is 0 Å². The summed E-state index contributed by atoms with van der Waals surface area (Å²) in [6, 6.07) is 16.4. The molecule has 0 fully saturated rings. The maximum Gasteiger partial charge on any atom is 0.129 e. The fourth-order valence-corrected chi connectivity index (χ4v) is 2.84. The molecular formula is C18H14BrFO. The van der Waals surface area contributed by atoms with Gasteiger partial charge < -0.3 is 5.11 Å². The van der Waals surface area contributed by atoms with Crippen LogP contribution in [0.3, 0.4) is 0 Å². The van der Waals surface area contributed by atoms with Crippen molar-refractivity contribution < 1.29 is 9.50 Å². The highest BCUT2D eigenvalue weighted by Crippen LogP contribution is 2.28. The predicted molar refractivity (Wildman–Crippen MR) is 86.8 cm³/mol. The van der Waals surface area contributed by atoms with Crippen LogP contribution in [0.25, 0.3) is 10.8 Å². The molecule has 3 rings (SSSR count). The Morgan fingerprint density at radius 3 is 2.48 bits per heavy atom. The van der Waals surface area contributed by atoms with E-state index in [0.717, 1.165) is 20.8 Å². The Morgan fingerprint density at radius 1 is 0.952 bits per heavy atom. The molecular weight excluding hydrogens is 331 g/mol. The van der Waals surface area contributed by atoms with E-state index in [-0.39, 0.29) is 5.82 Å². The number of hydrogen-bond donors (Lipinski definition) is 1. The van der Waals surface area contributed by atoms with Crippen LogP contribution in [0.1, 0.15) is 22.8 Å². The van der Waals surface area contributed by atoms with Crippen molar-refractivity contribution in [2.75, 3.05) is 0 Å². The lowest BCUT2D eigenvalue weighted by Crippen LogP contribution is -2.03. The number of halogens is 2. The molecule has 0 spiro atoms. The minimum atomic E-state index is -0.960. The van der Waals surface area contributed by atoms with Crippen LogP contribution in [-0.4, -0.2) is 5.11 Å². The summed E-state index contributed by atoms with van der Waals surface area (Å²) < 4.78 is 14.9. The highest BCUT2D eigenvalue weighted by atomic mass is 79.9. The average Bonchev–Trinajstić information content (AvgIpc) is 2.48. The largest absolute Gasteiger partial charge is 0.384 e. The van der Waals surface area contributed by atoms with Gasteiger partial charge in [0.2, 0.25) is 0 Å². The van der Waals surface area contributed by atoms with Crippen LogP contribution >= 0.6 is 15.9 Å². The molecule has 0 radical (unpaired) electrons. The van der Waals surface area contributed by atoms with Crippen molar-refractivity contribution >= 4 is 26.7 Å². The second kappa shape index (κ2) is 5.58. The molecule has 0 heterocycles. The van der Waals surface area contributed by atoms with E-state index in [1.807, 2.05) is 43.3 Å². The summed E-state index contributed by atoms with van der Waals surface area (Å²) in [6.45, 7) is 1.88. The fourth-order valence-electron chi connectivity index (χ4n) is 2.46. The van der Waals surface area contributed by atoms with E-state index in [1.165, 1.54) is 6.07 Å². The zero-order valence-corrected chi connectivity index (χ0v) is 13.1. The van der Waals surface area contributed by atoms with Gasteiger partial charge in [-0.2, -0.15) is 0 Å². The number of aliphatic hydroxyl groups is 1. The van der Waals surface area contributed by atoms with Crippen LogP contribution < -0.4 is 0 Å². The first-order valence-corrected chi connectivity index (χ1v) is 7.47. The van der Waals surface area contributed by atoms with Gasteiger partial charge in [-0.1, -0.05) is 51.8 Å². The minimum Gasteiger partial charge on any atom is -0.384 e. The number of rotatable bonds is 2. The normalized spacial score (nSPS) is 12.6. The van der Waals surface area contributed by atoms with E-state index < -0.39 is 6.10 Å². The number of aliphatic hydroxyl groups excluding tert-OH is 1. The van der Waals surface area contributed by atoms with Gasteiger partial charge in [-0.3, -0.25) is 0 Å². The third-order valence-corrected chi connectivity index (χ3v) is 4.08. The van der Waals surface area contributed by atoms with Crippen molar-refractivity contribution in [3.63, 3.8) is 0 Å². The first-order valence-electron chi connectivity index (χ1n) is 6.68. The highest BCUT2D eigenvalue weighted by Gasteiger charge is 2.15. The van der Waals surface area contributed by atoms with Crippen LogP contribution in [0.15, 0.2) is 59.1 Å². The van der Waals surface area contributed by atoms with E-state index in [2.05, 4.69) is 15.9 Å². The molecule has 1 atom stereocenters. The standard InChI is InChI=1S/C18H14BrFO/c1-11-2-7-17(20)16(8-11)18(21)14-4-3-13-10-15(19)6-5-12(13)9-14/h2-10,18,21H,1H3. The Balaban J connectivity index is 2.07. The number of benzene rings is 3. The van der Waals surface area contributed by atoms with Gasteiger partial charge in [-0.15, -0.1) is 0 Å². The molecule has 0 saturated carbocycles. The smallest absolute Gasteiger partial charge is 0.129 e. The maximum atomic E-state index is 13.9. The second-order valence-corrected chi connectivity index (χ2v) is 6.09. The monoisotopic (exact) mass is 344 g/mol. The topological polar surface area (TPSA) is 20.2 Å².